The van der Waals surface area contributed by atoms with Crippen LogP contribution in [-0.2, 0) is 0 Å². The van der Waals surface area contributed by atoms with Gasteiger partial charge in [-0.05, 0) is 102 Å². The maximum absolute atomic E-state index is 13.8. The van der Waals surface area contributed by atoms with E-state index in [2.05, 4.69) is 6.92 Å². The van der Waals surface area contributed by atoms with Gasteiger partial charge in [0.15, 0.2) is 34.7 Å². The summed E-state index contributed by atoms with van der Waals surface area (Å²) in [4.78, 5) is 0. The summed E-state index contributed by atoms with van der Waals surface area (Å²) in [6.45, 7) is 5.39. The normalized spacial score (nSPS) is 10.5. The van der Waals surface area contributed by atoms with Gasteiger partial charge in [0, 0.05) is 16.7 Å². The molecule has 0 aliphatic rings. The molecule has 0 heterocycles. The van der Waals surface area contributed by atoms with E-state index in [0.29, 0.717) is 47.2 Å². The number of hydrogen-bond acceptors (Lipinski definition) is 6. The Morgan fingerprint density at radius 2 is 0.719 bits per heavy atom. The lowest BCUT2D eigenvalue weighted by atomic mass is 10.0. The van der Waals surface area contributed by atoms with E-state index in [-0.39, 0.29) is 16.7 Å². The summed E-state index contributed by atoms with van der Waals surface area (Å²) < 4.78 is 96.8. The van der Waals surface area contributed by atoms with Crippen LogP contribution >= 0.6 is 0 Å². The number of phenolic OH excluding ortho intramolecular Hbond substituents is 3. The fourth-order valence-electron chi connectivity index (χ4n) is 5.28. The molecule has 0 fully saturated rings. The zero-order valence-corrected chi connectivity index (χ0v) is 31.5. The predicted molar refractivity (Wildman–Crippen MR) is 208 cm³/mol. The predicted octanol–water partition coefficient (Wildman–Crippen LogP) is 12.4. The van der Waals surface area contributed by atoms with Crippen molar-refractivity contribution in [2.45, 2.75) is 39.5 Å². The van der Waals surface area contributed by atoms with Crippen molar-refractivity contribution in [2.75, 3.05) is 20.3 Å². The molecule has 0 aromatic heterocycles. The Balaban J connectivity index is 0.000000190. The number of benzene rings is 6. The van der Waals surface area contributed by atoms with Crippen LogP contribution in [0.1, 0.15) is 39.5 Å². The van der Waals surface area contributed by atoms with Gasteiger partial charge in [0.05, 0.1) is 20.3 Å². The monoisotopic (exact) mass is 792 g/mol. The van der Waals surface area contributed by atoms with Gasteiger partial charge in [-0.2, -0.15) is 13.2 Å². The minimum Gasteiger partial charge on any atom is -0.505 e. The summed E-state index contributed by atoms with van der Waals surface area (Å²) in [6, 6.07) is 27.5. The van der Waals surface area contributed by atoms with Gasteiger partial charge < -0.3 is 29.5 Å². The molecular formula is C45H42F6O6. The second-order valence-corrected chi connectivity index (χ2v) is 12.5. The summed E-state index contributed by atoms with van der Waals surface area (Å²) in [7, 11) is 1.52. The second kappa shape index (κ2) is 21.1. The Kier molecular flexibility index (Phi) is 16.1. The van der Waals surface area contributed by atoms with Crippen LogP contribution in [0, 0.1) is 34.9 Å². The highest BCUT2D eigenvalue weighted by Crippen LogP contribution is 2.33. The molecule has 0 saturated heterocycles. The quantitative estimate of drug-likeness (QED) is 0.0845. The molecule has 300 valence electrons. The van der Waals surface area contributed by atoms with Crippen LogP contribution < -0.4 is 14.2 Å². The van der Waals surface area contributed by atoms with E-state index in [0.717, 1.165) is 43.9 Å². The molecule has 0 bridgehead atoms. The largest absolute Gasteiger partial charge is 0.505 e. The van der Waals surface area contributed by atoms with Crippen LogP contribution in [0.2, 0.25) is 0 Å². The highest BCUT2D eigenvalue weighted by Gasteiger charge is 2.16. The maximum atomic E-state index is 13.8. The Morgan fingerprint density at radius 3 is 1.04 bits per heavy atom. The summed E-state index contributed by atoms with van der Waals surface area (Å²) in [5, 5.41) is 27.2. The Bertz CT molecular complexity index is 2190. The molecule has 0 radical (unpaired) electrons. The van der Waals surface area contributed by atoms with E-state index in [1.54, 1.807) is 72.8 Å². The first-order valence-electron chi connectivity index (χ1n) is 18.0. The van der Waals surface area contributed by atoms with Crippen LogP contribution in [0.25, 0.3) is 33.4 Å². The molecule has 0 saturated carbocycles. The van der Waals surface area contributed by atoms with Gasteiger partial charge in [0.25, 0.3) is 0 Å². The number of unbranched alkanes of at least 4 members (excludes halogenated alkanes) is 2. The summed E-state index contributed by atoms with van der Waals surface area (Å²) in [6.07, 6.45) is 4.15. The molecule has 57 heavy (non-hydrogen) atoms. The molecule has 0 unspecified atom stereocenters. The van der Waals surface area contributed by atoms with Gasteiger partial charge in [0.2, 0.25) is 17.5 Å². The number of hydrogen-bond donors (Lipinski definition) is 3. The molecule has 6 rings (SSSR count). The average molecular weight is 793 g/mol. The van der Waals surface area contributed by atoms with Crippen molar-refractivity contribution in [3.63, 3.8) is 0 Å². The fourth-order valence-corrected chi connectivity index (χ4v) is 5.28. The number of phenols is 3. The van der Waals surface area contributed by atoms with E-state index < -0.39 is 52.2 Å². The molecule has 0 atom stereocenters. The van der Waals surface area contributed by atoms with Crippen molar-refractivity contribution in [3.05, 3.63) is 144 Å². The first kappa shape index (κ1) is 43.4. The molecule has 6 nitrogen and oxygen atoms in total. The van der Waals surface area contributed by atoms with E-state index >= 15 is 0 Å². The lowest BCUT2D eigenvalue weighted by molar-refractivity contribution is 0.306. The maximum Gasteiger partial charge on any atom is 0.200 e. The van der Waals surface area contributed by atoms with Crippen molar-refractivity contribution < 1.29 is 55.9 Å². The average Bonchev–Trinajstić information content (AvgIpc) is 3.23. The fraction of sp³-hybridized carbons (Fsp3) is 0.200. The number of rotatable bonds is 12. The summed E-state index contributed by atoms with van der Waals surface area (Å²) in [5.74, 6) is -6.91. The molecule has 0 aliphatic heterocycles. The van der Waals surface area contributed by atoms with Crippen LogP contribution in [0.5, 0.6) is 34.5 Å². The topological polar surface area (TPSA) is 88.4 Å². The minimum absolute atomic E-state index is 0.1000. The molecular weight excluding hydrogens is 750 g/mol. The third kappa shape index (κ3) is 11.6. The van der Waals surface area contributed by atoms with Gasteiger partial charge in [-0.3, -0.25) is 0 Å². The Labute approximate surface area is 327 Å². The van der Waals surface area contributed by atoms with Gasteiger partial charge in [-0.1, -0.05) is 63.1 Å². The highest BCUT2D eigenvalue weighted by molar-refractivity contribution is 5.68. The van der Waals surface area contributed by atoms with E-state index in [1.165, 1.54) is 25.3 Å². The number of aromatic hydroxyl groups is 3. The van der Waals surface area contributed by atoms with Crippen molar-refractivity contribution in [3.8, 4) is 67.9 Å². The number of ether oxygens (including phenoxy) is 3. The third-order valence-corrected chi connectivity index (χ3v) is 8.41. The Morgan fingerprint density at radius 1 is 0.386 bits per heavy atom. The van der Waals surface area contributed by atoms with Crippen LogP contribution in [0.3, 0.4) is 0 Å². The zero-order valence-electron chi connectivity index (χ0n) is 31.5. The Hall–Kier alpha value is -6.30. The van der Waals surface area contributed by atoms with Crippen LogP contribution in [0.4, 0.5) is 26.3 Å². The SMILES string of the molecule is CCCCCOc1ccc(-c2ccc(O)c(F)c2F)cc1.CCCOc1ccc(-c2ccc(O)c(F)c2F)cc1.COc1ccc(-c2ccc(O)c(F)c2F)cc1. The van der Waals surface area contributed by atoms with E-state index in [1.807, 2.05) is 6.92 Å². The first-order valence-corrected chi connectivity index (χ1v) is 18.0. The molecule has 3 N–H and O–H groups in total. The molecule has 12 heteroatoms. The van der Waals surface area contributed by atoms with Gasteiger partial charge in [-0.15, -0.1) is 0 Å². The zero-order chi connectivity index (χ0) is 41.5. The molecule has 0 spiro atoms. The second-order valence-electron chi connectivity index (χ2n) is 12.5. The summed E-state index contributed by atoms with van der Waals surface area (Å²) >= 11 is 0. The van der Waals surface area contributed by atoms with Crippen LogP contribution in [-0.4, -0.2) is 35.6 Å². The minimum atomic E-state index is -1.24. The standard InChI is InChI=1S/C17H18F2O2.C15H14F2O2.C13H10F2O2/c1-2-3-4-11-21-13-7-5-12(6-8-13)14-9-10-15(20)17(19)16(14)18;1-2-9-19-11-5-3-10(4-6-11)12-7-8-13(18)15(17)14(12)16;1-17-9-4-2-8(3-5-9)10-6-7-11(16)13(15)12(10)14/h5-10,20H,2-4,11H2,1H3;3-8,18H,2,9H2,1H3;2-7,16H,1H3. The van der Waals surface area contributed by atoms with Crippen molar-refractivity contribution in [1.82, 2.24) is 0 Å². The number of methoxy groups -OCH3 is 1. The smallest absolute Gasteiger partial charge is 0.200 e. The number of halogens is 6. The molecule has 0 amide bonds. The molecule has 0 aliphatic carbocycles. The van der Waals surface area contributed by atoms with Gasteiger partial charge >= 0.3 is 0 Å². The third-order valence-electron chi connectivity index (χ3n) is 8.41. The van der Waals surface area contributed by atoms with Gasteiger partial charge in [-0.25, -0.2) is 13.2 Å². The lowest BCUT2D eigenvalue weighted by Crippen LogP contribution is -1.97. The van der Waals surface area contributed by atoms with E-state index in [9.17, 15) is 26.3 Å². The first-order chi connectivity index (χ1) is 27.4. The lowest BCUT2D eigenvalue weighted by Gasteiger charge is -2.08. The van der Waals surface area contributed by atoms with Crippen molar-refractivity contribution in [1.29, 1.82) is 0 Å². The highest BCUT2D eigenvalue weighted by atomic mass is 19.2. The summed E-state index contributed by atoms with van der Waals surface area (Å²) in [5.41, 5.74) is 1.90. The molecule has 6 aromatic carbocycles. The molecule has 6 aromatic rings. The van der Waals surface area contributed by atoms with Crippen LogP contribution in [0.15, 0.2) is 109 Å². The van der Waals surface area contributed by atoms with E-state index in [4.69, 9.17) is 29.5 Å². The van der Waals surface area contributed by atoms with Gasteiger partial charge in [0.1, 0.15) is 17.2 Å². The van der Waals surface area contributed by atoms with Crippen molar-refractivity contribution >= 4 is 0 Å². The van der Waals surface area contributed by atoms with Crippen molar-refractivity contribution in [2.24, 2.45) is 0 Å².